The summed E-state index contributed by atoms with van der Waals surface area (Å²) in [6.45, 7) is 4.74. The molecule has 10 heteroatoms. The van der Waals surface area contributed by atoms with Gasteiger partial charge in [-0.05, 0) is 39.0 Å². The van der Waals surface area contributed by atoms with Gasteiger partial charge in [0.25, 0.3) is 5.91 Å². The van der Waals surface area contributed by atoms with Gasteiger partial charge >= 0.3 is 12.1 Å². The van der Waals surface area contributed by atoms with Crippen LogP contribution < -0.4 is 10.6 Å². The Hall–Kier alpha value is -3.85. The summed E-state index contributed by atoms with van der Waals surface area (Å²) in [5.41, 5.74) is 2.24. The standard InChI is InChI=1S/C23H22ClN3O6/c1-12-19(26-23(31)32-14(3)17-6-4-5-7-18(17)24)20(33-27-12)15-8-10-16(11-9-15)21(28)25-13(2)22(29)30/h4-11,13-14H,1-3H3,(H,25,28)(H,26,31)(H,29,30). The number of rotatable bonds is 7. The minimum atomic E-state index is -1.14. The number of aliphatic carboxylic acids is 1. The second kappa shape index (κ2) is 10.2. The van der Waals surface area contributed by atoms with E-state index >= 15 is 0 Å². The van der Waals surface area contributed by atoms with Crippen molar-refractivity contribution in [3.63, 3.8) is 0 Å². The number of carbonyl (C=O) groups is 3. The molecule has 0 spiro atoms. The van der Waals surface area contributed by atoms with Crippen LogP contribution in [0.25, 0.3) is 11.3 Å². The Morgan fingerprint density at radius 3 is 2.39 bits per heavy atom. The third-order valence-corrected chi connectivity index (χ3v) is 5.19. The fraction of sp³-hybridized carbons (Fsp3) is 0.217. The highest BCUT2D eigenvalue weighted by molar-refractivity contribution is 6.31. The summed E-state index contributed by atoms with van der Waals surface area (Å²) in [4.78, 5) is 35.6. The van der Waals surface area contributed by atoms with E-state index in [1.807, 2.05) is 0 Å². The van der Waals surface area contributed by atoms with Crippen molar-refractivity contribution in [1.29, 1.82) is 0 Å². The molecule has 9 nitrogen and oxygen atoms in total. The number of benzene rings is 2. The van der Waals surface area contributed by atoms with Crippen molar-refractivity contribution in [2.75, 3.05) is 5.32 Å². The van der Waals surface area contributed by atoms with Crippen molar-refractivity contribution in [2.45, 2.75) is 32.9 Å². The predicted molar refractivity (Wildman–Crippen MR) is 121 cm³/mol. The molecule has 172 valence electrons. The number of halogens is 1. The molecule has 1 aromatic heterocycles. The predicted octanol–water partition coefficient (Wildman–Crippen LogP) is 4.82. The smallest absolute Gasteiger partial charge is 0.412 e. The lowest BCUT2D eigenvalue weighted by atomic mass is 10.1. The molecule has 0 radical (unpaired) electrons. The minimum absolute atomic E-state index is 0.269. The van der Waals surface area contributed by atoms with Crippen LogP contribution in [0.3, 0.4) is 0 Å². The van der Waals surface area contributed by atoms with Crippen LogP contribution in [0.2, 0.25) is 5.02 Å². The first-order chi connectivity index (χ1) is 15.7. The van der Waals surface area contributed by atoms with Crippen molar-refractivity contribution in [1.82, 2.24) is 10.5 Å². The van der Waals surface area contributed by atoms with Crippen molar-refractivity contribution < 1.29 is 28.8 Å². The first-order valence-corrected chi connectivity index (χ1v) is 10.4. The molecule has 0 aliphatic carbocycles. The van der Waals surface area contributed by atoms with E-state index in [-0.39, 0.29) is 11.3 Å². The Morgan fingerprint density at radius 2 is 1.76 bits per heavy atom. The summed E-state index contributed by atoms with van der Waals surface area (Å²) in [5, 5.41) is 18.3. The molecule has 33 heavy (non-hydrogen) atoms. The number of aromatic nitrogens is 1. The normalized spacial score (nSPS) is 12.5. The topological polar surface area (TPSA) is 131 Å². The fourth-order valence-electron chi connectivity index (χ4n) is 2.99. The van der Waals surface area contributed by atoms with Crippen LogP contribution in [0.15, 0.2) is 53.1 Å². The van der Waals surface area contributed by atoms with Gasteiger partial charge in [-0.25, -0.2) is 4.79 Å². The van der Waals surface area contributed by atoms with Crippen LogP contribution in [0, 0.1) is 6.92 Å². The van der Waals surface area contributed by atoms with Crippen LogP contribution in [0.4, 0.5) is 10.5 Å². The highest BCUT2D eigenvalue weighted by Gasteiger charge is 2.21. The fourth-order valence-corrected chi connectivity index (χ4v) is 3.28. The second-order valence-corrected chi connectivity index (χ2v) is 7.68. The summed E-state index contributed by atoms with van der Waals surface area (Å²) in [6, 6.07) is 12.3. The number of aryl methyl sites for hydroxylation is 1. The van der Waals surface area contributed by atoms with E-state index < -0.39 is 30.1 Å². The monoisotopic (exact) mass is 471 g/mol. The van der Waals surface area contributed by atoms with E-state index in [0.29, 0.717) is 27.5 Å². The zero-order chi connectivity index (χ0) is 24.1. The molecule has 2 aromatic carbocycles. The molecule has 0 saturated heterocycles. The lowest BCUT2D eigenvalue weighted by Gasteiger charge is -2.15. The first-order valence-electron chi connectivity index (χ1n) is 9.99. The number of carboxylic acid groups (broad SMARTS) is 1. The first kappa shape index (κ1) is 23.8. The molecule has 2 amide bonds. The quantitative estimate of drug-likeness (QED) is 0.450. The van der Waals surface area contributed by atoms with Crippen LogP contribution >= 0.6 is 11.6 Å². The molecule has 3 rings (SSSR count). The van der Waals surface area contributed by atoms with Crippen LogP contribution in [-0.2, 0) is 9.53 Å². The van der Waals surface area contributed by atoms with E-state index in [2.05, 4.69) is 15.8 Å². The summed E-state index contributed by atoms with van der Waals surface area (Å²) >= 11 is 6.16. The molecule has 0 saturated carbocycles. The minimum Gasteiger partial charge on any atom is -0.480 e. The second-order valence-electron chi connectivity index (χ2n) is 7.28. The van der Waals surface area contributed by atoms with Gasteiger partial charge in [-0.3, -0.25) is 14.9 Å². The SMILES string of the molecule is Cc1noc(-c2ccc(C(=O)NC(C)C(=O)O)cc2)c1NC(=O)OC(C)c1ccccc1Cl. The van der Waals surface area contributed by atoms with E-state index in [4.69, 9.17) is 26.0 Å². The van der Waals surface area contributed by atoms with Crippen LogP contribution in [0.1, 0.15) is 41.6 Å². The molecule has 3 N–H and O–H groups in total. The van der Waals surface area contributed by atoms with Crippen LogP contribution in [-0.4, -0.2) is 34.3 Å². The third kappa shape index (κ3) is 5.69. The number of carbonyl (C=O) groups excluding carboxylic acids is 2. The maximum absolute atomic E-state index is 12.5. The number of amides is 2. The summed E-state index contributed by atoms with van der Waals surface area (Å²) in [5.74, 6) is -1.38. The molecule has 0 aliphatic rings. The summed E-state index contributed by atoms with van der Waals surface area (Å²) in [6.07, 6.45) is -1.30. The Balaban J connectivity index is 1.73. The number of nitrogens with zero attached hydrogens (tertiary/aromatic N) is 1. The number of nitrogens with one attached hydrogen (secondary N) is 2. The number of anilines is 1. The van der Waals surface area contributed by atoms with Gasteiger partial charge in [0.05, 0.1) is 0 Å². The average molecular weight is 472 g/mol. The highest BCUT2D eigenvalue weighted by atomic mass is 35.5. The van der Waals surface area contributed by atoms with Gasteiger partial charge in [0.1, 0.15) is 23.5 Å². The largest absolute Gasteiger partial charge is 0.480 e. The molecule has 3 aromatic rings. The van der Waals surface area contributed by atoms with Crippen molar-refractivity contribution >= 4 is 35.3 Å². The molecular formula is C23H22ClN3O6. The zero-order valence-electron chi connectivity index (χ0n) is 18.1. The Kier molecular flexibility index (Phi) is 7.34. The van der Waals surface area contributed by atoms with Gasteiger partial charge in [0.15, 0.2) is 5.76 Å². The Bertz CT molecular complexity index is 1180. The van der Waals surface area contributed by atoms with Gasteiger partial charge in [0, 0.05) is 21.7 Å². The molecule has 0 aliphatic heterocycles. The van der Waals surface area contributed by atoms with E-state index in [1.54, 1.807) is 50.2 Å². The molecule has 0 bridgehead atoms. The van der Waals surface area contributed by atoms with Gasteiger partial charge in [-0.2, -0.15) is 0 Å². The van der Waals surface area contributed by atoms with E-state index in [9.17, 15) is 14.4 Å². The molecular weight excluding hydrogens is 450 g/mol. The van der Waals surface area contributed by atoms with Gasteiger partial charge in [-0.1, -0.05) is 47.1 Å². The number of hydrogen-bond donors (Lipinski definition) is 3. The maximum atomic E-state index is 12.5. The molecule has 0 fully saturated rings. The number of hydrogen-bond acceptors (Lipinski definition) is 6. The van der Waals surface area contributed by atoms with E-state index in [0.717, 1.165) is 0 Å². The molecule has 2 atom stereocenters. The van der Waals surface area contributed by atoms with Crippen molar-refractivity contribution in [3.8, 4) is 11.3 Å². The van der Waals surface area contributed by atoms with E-state index in [1.165, 1.54) is 19.1 Å². The zero-order valence-corrected chi connectivity index (χ0v) is 18.8. The summed E-state index contributed by atoms with van der Waals surface area (Å²) < 4.78 is 10.8. The highest BCUT2D eigenvalue weighted by Crippen LogP contribution is 2.32. The van der Waals surface area contributed by atoms with Crippen molar-refractivity contribution in [2.24, 2.45) is 0 Å². The number of carboxylic acids is 1. The Morgan fingerprint density at radius 1 is 1.09 bits per heavy atom. The third-order valence-electron chi connectivity index (χ3n) is 4.84. The lowest BCUT2D eigenvalue weighted by molar-refractivity contribution is -0.138. The van der Waals surface area contributed by atoms with Gasteiger partial charge < -0.3 is 19.7 Å². The molecule has 1 heterocycles. The lowest BCUT2D eigenvalue weighted by Crippen LogP contribution is -2.38. The number of ether oxygens (including phenoxy) is 1. The van der Waals surface area contributed by atoms with Crippen LogP contribution in [0.5, 0.6) is 0 Å². The Labute approximate surface area is 194 Å². The van der Waals surface area contributed by atoms with Gasteiger partial charge in [-0.15, -0.1) is 0 Å². The van der Waals surface area contributed by atoms with Crippen molar-refractivity contribution in [3.05, 3.63) is 70.4 Å². The average Bonchev–Trinajstić information content (AvgIpc) is 3.13. The van der Waals surface area contributed by atoms with Gasteiger partial charge in [0.2, 0.25) is 0 Å². The maximum Gasteiger partial charge on any atom is 0.412 e. The summed E-state index contributed by atoms with van der Waals surface area (Å²) in [7, 11) is 0. The molecule has 2 unspecified atom stereocenters.